The van der Waals surface area contributed by atoms with E-state index in [0.717, 1.165) is 47.4 Å². The van der Waals surface area contributed by atoms with Gasteiger partial charge >= 0.3 is 0 Å². The molecule has 3 heterocycles. The third kappa shape index (κ3) is 4.64. The van der Waals surface area contributed by atoms with Gasteiger partial charge in [0.2, 0.25) is 0 Å². The predicted molar refractivity (Wildman–Crippen MR) is 137 cm³/mol. The maximum atomic E-state index is 14.5. The molecule has 5 rings (SSSR count). The Morgan fingerprint density at radius 3 is 2.67 bits per heavy atom. The first-order chi connectivity index (χ1) is 17.5. The Morgan fingerprint density at radius 1 is 1.17 bits per heavy atom. The molecule has 1 saturated carbocycles. The van der Waals surface area contributed by atoms with E-state index in [1.54, 1.807) is 28.9 Å². The first-order valence-electron chi connectivity index (χ1n) is 12.2. The van der Waals surface area contributed by atoms with Crippen LogP contribution in [0.4, 0.5) is 4.39 Å². The summed E-state index contributed by atoms with van der Waals surface area (Å²) in [5.41, 5.74) is 4.13. The van der Waals surface area contributed by atoms with E-state index in [1.807, 2.05) is 18.5 Å². The highest BCUT2D eigenvalue weighted by Gasteiger charge is 2.27. The number of aromatic nitrogens is 4. The van der Waals surface area contributed by atoms with Gasteiger partial charge in [-0.05, 0) is 57.9 Å². The second-order valence-electron chi connectivity index (χ2n) is 9.34. The van der Waals surface area contributed by atoms with Crippen molar-refractivity contribution in [2.45, 2.75) is 54.5 Å². The molecule has 0 radical (unpaired) electrons. The zero-order valence-corrected chi connectivity index (χ0v) is 21.2. The molecule has 186 valence electrons. The van der Waals surface area contributed by atoms with E-state index >= 15 is 0 Å². The van der Waals surface area contributed by atoms with E-state index in [1.165, 1.54) is 17.8 Å². The van der Waals surface area contributed by atoms with Gasteiger partial charge in [-0.25, -0.2) is 8.91 Å². The molecule has 0 aliphatic heterocycles. The molecule has 0 saturated heterocycles. The molecule has 4 aromatic rings. The number of benzene rings is 1. The van der Waals surface area contributed by atoms with Crippen molar-refractivity contribution >= 4 is 17.3 Å². The minimum Gasteiger partial charge on any atom is -0.395 e. The number of likely N-dealkylation sites (N-methyl/N-ethyl adjacent to an activating group) is 1. The summed E-state index contributed by atoms with van der Waals surface area (Å²) in [6.45, 7) is 2.98. The van der Waals surface area contributed by atoms with Crippen LogP contribution in [-0.2, 0) is 0 Å². The first-order valence-corrected chi connectivity index (χ1v) is 13.0. The maximum absolute atomic E-state index is 14.5. The molecule has 0 bridgehead atoms. The van der Waals surface area contributed by atoms with Gasteiger partial charge in [0, 0.05) is 45.4 Å². The highest BCUT2D eigenvalue weighted by atomic mass is 32.2. The van der Waals surface area contributed by atoms with E-state index in [-0.39, 0.29) is 12.4 Å². The number of fused-ring (bicyclic) bond motifs is 1. The average Bonchev–Trinajstić information content (AvgIpc) is 3.49. The smallest absolute Gasteiger partial charge is 0.137 e. The lowest BCUT2D eigenvalue weighted by Gasteiger charge is -2.34. The number of hydrogen-bond donors (Lipinski definition) is 1. The fourth-order valence-corrected chi connectivity index (χ4v) is 6.23. The molecule has 3 aromatic heterocycles. The van der Waals surface area contributed by atoms with Crippen molar-refractivity contribution in [1.82, 2.24) is 24.3 Å². The molecule has 36 heavy (non-hydrogen) atoms. The quantitative estimate of drug-likeness (QED) is 0.378. The summed E-state index contributed by atoms with van der Waals surface area (Å²) < 4.78 is 18.3. The van der Waals surface area contributed by atoms with Crippen molar-refractivity contribution in [3.63, 3.8) is 0 Å². The Hall–Kier alpha value is -3.19. The number of pyridine rings is 1. The minimum atomic E-state index is -0.298. The topological polar surface area (TPSA) is 82.4 Å². The van der Waals surface area contributed by atoms with Gasteiger partial charge in [0.15, 0.2) is 0 Å². The van der Waals surface area contributed by atoms with Crippen LogP contribution < -0.4 is 0 Å². The molecular formula is C27H29FN6OS. The van der Waals surface area contributed by atoms with Gasteiger partial charge in [0.1, 0.15) is 11.9 Å². The van der Waals surface area contributed by atoms with Gasteiger partial charge in [-0.1, -0.05) is 23.9 Å². The molecule has 0 amide bonds. The second kappa shape index (κ2) is 10.4. The van der Waals surface area contributed by atoms with Gasteiger partial charge < -0.3 is 10.0 Å². The van der Waals surface area contributed by atoms with Gasteiger partial charge in [-0.2, -0.15) is 15.5 Å². The molecule has 1 N–H and O–H groups in total. The largest absolute Gasteiger partial charge is 0.395 e. The van der Waals surface area contributed by atoms with Crippen LogP contribution >= 0.6 is 11.8 Å². The van der Waals surface area contributed by atoms with E-state index in [4.69, 9.17) is 5.10 Å². The van der Waals surface area contributed by atoms with Crippen LogP contribution in [0.1, 0.15) is 43.0 Å². The molecule has 0 spiro atoms. The zero-order chi connectivity index (χ0) is 25.2. The number of nitrogens with zero attached hydrogens (tertiary/aromatic N) is 6. The summed E-state index contributed by atoms with van der Waals surface area (Å²) in [6.07, 6.45) is 9.60. The van der Waals surface area contributed by atoms with Crippen molar-refractivity contribution in [1.29, 1.82) is 5.26 Å². The van der Waals surface area contributed by atoms with E-state index in [2.05, 4.69) is 34.7 Å². The molecule has 1 aliphatic rings. The summed E-state index contributed by atoms with van der Waals surface area (Å²) in [5.74, 6) is -0.298. The Balaban J connectivity index is 1.47. The summed E-state index contributed by atoms with van der Waals surface area (Å²) >= 11 is 1.30. The standard InChI is InChI=1S/C27H29FN6OS/c1-18-23(16-31-34(18)22-9-7-21(8-10-22)32(2)11-12-35)19-13-26(36-25-6-4-3-5-24(25)28)27-20(14-29)15-30-33(27)17-19/h3-6,13,15-17,21-22,35H,7-12H2,1-2H3. The van der Waals surface area contributed by atoms with E-state index in [9.17, 15) is 14.8 Å². The van der Waals surface area contributed by atoms with Crippen molar-refractivity contribution < 1.29 is 9.50 Å². The second-order valence-corrected chi connectivity index (χ2v) is 10.4. The molecular weight excluding hydrogens is 475 g/mol. The number of rotatable bonds is 7. The lowest BCUT2D eigenvalue weighted by atomic mass is 9.90. The summed E-state index contributed by atoms with van der Waals surface area (Å²) in [4.78, 5) is 3.52. The fourth-order valence-electron chi connectivity index (χ4n) is 5.20. The molecule has 0 unspecified atom stereocenters. The average molecular weight is 505 g/mol. The van der Waals surface area contributed by atoms with Crippen molar-refractivity contribution in [3.8, 4) is 17.2 Å². The summed E-state index contributed by atoms with van der Waals surface area (Å²) in [6, 6.07) is 11.7. The Morgan fingerprint density at radius 2 is 1.94 bits per heavy atom. The van der Waals surface area contributed by atoms with Crippen LogP contribution in [0.5, 0.6) is 0 Å². The molecule has 7 nitrogen and oxygen atoms in total. The SMILES string of the molecule is Cc1c(-c2cc(Sc3ccccc3F)c3c(C#N)cnn3c2)cnn1C1CCC(N(C)CCO)CC1. The van der Waals surface area contributed by atoms with Gasteiger partial charge in [-0.15, -0.1) is 0 Å². The number of aliphatic hydroxyl groups excluding tert-OH is 1. The summed E-state index contributed by atoms with van der Waals surface area (Å²) in [5, 5.41) is 28.0. The number of aliphatic hydroxyl groups is 1. The van der Waals surface area contributed by atoms with Crippen LogP contribution in [-0.4, -0.2) is 55.6 Å². The highest BCUT2D eigenvalue weighted by molar-refractivity contribution is 7.99. The fraction of sp³-hybridized carbons (Fsp3) is 0.370. The number of halogens is 1. The number of nitriles is 1. The maximum Gasteiger partial charge on any atom is 0.137 e. The minimum absolute atomic E-state index is 0.186. The Kier molecular flexibility index (Phi) is 7.10. The monoisotopic (exact) mass is 504 g/mol. The molecule has 9 heteroatoms. The van der Waals surface area contributed by atoms with Crippen LogP contribution in [0, 0.1) is 24.1 Å². The first kappa shape index (κ1) is 24.5. The lowest BCUT2D eigenvalue weighted by Crippen LogP contribution is -2.37. The Labute approximate surface area is 214 Å². The van der Waals surface area contributed by atoms with Crippen LogP contribution in [0.2, 0.25) is 0 Å². The predicted octanol–water partition coefficient (Wildman–Crippen LogP) is 5.08. The van der Waals surface area contributed by atoms with Gasteiger partial charge in [0.25, 0.3) is 0 Å². The number of hydrogen-bond acceptors (Lipinski definition) is 6. The Bertz CT molecular complexity index is 1420. The lowest BCUT2D eigenvalue weighted by molar-refractivity contribution is 0.134. The molecule has 1 aliphatic carbocycles. The van der Waals surface area contributed by atoms with Crippen LogP contribution in [0.15, 0.2) is 58.7 Å². The van der Waals surface area contributed by atoms with Crippen LogP contribution in [0.3, 0.4) is 0 Å². The van der Waals surface area contributed by atoms with Crippen LogP contribution in [0.25, 0.3) is 16.6 Å². The van der Waals surface area contributed by atoms with Crippen molar-refractivity contribution in [3.05, 3.63) is 66.0 Å². The molecule has 0 atom stereocenters. The van der Waals surface area contributed by atoms with Gasteiger partial charge in [0.05, 0.1) is 36.1 Å². The summed E-state index contributed by atoms with van der Waals surface area (Å²) in [7, 11) is 2.08. The normalized spacial score (nSPS) is 18.1. The van der Waals surface area contributed by atoms with Gasteiger partial charge in [-0.3, -0.25) is 4.68 Å². The van der Waals surface area contributed by atoms with E-state index in [0.29, 0.717) is 34.6 Å². The third-order valence-corrected chi connectivity index (χ3v) is 8.28. The van der Waals surface area contributed by atoms with Crippen molar-refractivity contribution in [2.24, 2.45) is 0 Å². The van der Waals surface area contributed by atoms with E-state index < -0.39 is 0 Å². The third-order valence-electron chi connectivity index (χ3n) is 7.20. The zero-order valence-electron chi connectivity index (χ0n) is 20.4. The molecule has 1 aromatic carbocycles. The molecule has 1 fully saturated rings. The van der Waals surface area contributed by atoms with Crippen molar-refractivity contribution in [2.75, 3.05) is 20.2 Å². The highest BCUT2D eigenvalue weighted by Crippen LogP contribution is 2.38.